The fourth-order valence-corrected chi connectivity index (χ4v) is 2.35. The number of aldehydes is 1. The Morgan fingerprint density at radius 1 is 0.842 bits per heavy atom. The molecule has 0 aromatic heterocycles. The van der Waals surface area contributed by atoms with E-state index >= 15 is 0 Å². The second kappa shape index (κ2) is 4.65. The van der Waals surface area contributed by atoms with Crippen LogP contribution >= 0.6 is 0 Å². The number of hydrogen-bond acceptors (Lipinski definition) is 2. The summed E-state index contributed by atoms with van der Waals surface area (Å²) in [6.07, 6.45) is 1.25. The van der Waals surface area contributed by atoms with E-state index in [0.29, 0.717) is 11.8 Å². The molecule has 0 unspecified atom stereocenters. The Labute approximate surface area is 110 Å². The predicted octanol–water partition coefficient (Wildman–Crippen LogP) is 3.09. The van der Waals surface area contributed by atoms with Crippen molar-refractivity contribution in [3.63, 3.8) is 0 Å². The van der Waals surface area contributed by atoms with Gasteiger partial charge in [-0.3, -0.25) is 4.79 Å². The van der Waals surface area contributed by atoms with Crippen LogP contribution in [0.2, 0.25) is 0 Å². The number of carbonyl (C=O) groups is 1. The zero-order valence-electron chi connectivity index (χ0n) is 10.3. The van der Waals surface area contributed by atoms with Crippen LogP contribution in [0.15, 0.2) is 59.4 Å². The van der Waals surface area contributed by atoms with Gasteiger partial charge in [-0.15, -0.1) is 0 Å². The van der Waals surface area contributed by atoms with Crippen molar-refractivity contribution in [1.29, 1.82) is 0 Å². The molecule has 3 rings (SSSR count). The number of rotatable bonds is 2. The van der Waals surface area contributed by atoms with Crippen molar-refractivity contribution in [3.05, 3.63) is 70.4 Å². The van der Waals surface area contributed by atoms with Crippen LogP contribution in [-0.2, 0) is 11.2 Å². The lowest BCUT2D eigenvalue weighted by Crippen LogP contribution is -1.98. The summed E-state index contributed by atoms with van der Waals surface area (Å²) < 4.78 is 0. The summed E-state index contributed by atoms with van der Waals surface area (Å²) in [6, 6.07) is 17.0. The highest BCUT2D eigenvalue weighted by molar-refractivity contribution is 5.93. The maximum Gasteiger partial charge on any atom is 0.194 e. The topological polar surface area (TPSA) is 34.1 Å². The highest BCUT2D eigenvalue weighted by atomic mass is 16.1. The highest BCUT2D eigenvalue weighted by Crippen LogP contribution is 2.16. The molecule has 0 atom stereocenters. The van der Waals surface area contributed by atoms with Crippen molar-refractivity contribution in [2.24, 2.45) is 0 Å². The van der Waals surface area contributed by atoms with E-state index in [0.717, 1.165) is 28.0 Å². The Morgan fingerprint density at radius 2 is 1.58 bits per heavy atom. The molecule has 0 aliphatic carbocycles. The first-order valence-corrected chi connectivity index (χ1v) is 6.18. The number of fused-ring (bicyclic) bond motifs is 2. The molecule has 0 saturated carbocycles. The third-order valence-electron chi connectivity index (χ3n) is 3.33. The first-order chi connectivity index (χ1) is 9.29. The molecule has 0 spiro atoms. The van der Waals surface area contributed by atoms with Gasteiger partial charge >= 0.3 is 0 Å². The van der Waals surface area contributed by atoms with Crippen LogP contribution in [0.25, 0.3) is 21.5 Å². The monoisotopic (exact) mass is 248 g/mol. The summed E-state index contributed by atoms with van der Waals surface area (Å²) in [5.74, 6) is 0. The third-order valence-corrected chi connectivity index (χ3v) is 3.33. The van der Waals surface area contributed by atoms with Gasteiger partial charge in [0.05, 0.1) is 0 Å². The quantitative estimate of drug-likeness (QED) is 0.653. The van der Waals surface area contributed by atoms with E-state index < -0.39 is 0 Å². The van der Waals surface area contributed by atoms with Gasteiger partial charge in [0.1, 0.15) is 6.29 Å². The molecule has 0 N–H and O–H groups in total. The fraction of sp³-hybridized carbons (Fsp3) is 0.0588. The van der Waals surface area contributed by atoms with E-state index in [2.05, 4.69) is 0 Å². The first kappa shape index (κ1) is 11.6. The molecule has 0 aliphatic rings. The lowest BCUT2D eigenvalue weighted by atomic mass is 10.1. The van der Waals surface area contributed by atoms with E-state index in [-0.39, 0.29) is 5.43 Å². The van der Waals surface area contributed by atoms with Crippen LogP contribution in [0.3, 0.4) is 0 Å². The molecule has 0 radical (unpaired) electrons. The fourth-order valence-electron chi connectivity index (χ4n) is 2.35. The van der Waals surface area contributed by atoms with Crippen LogP contribution in [0.1, 0.15) is 5.56 Å². The smallest absolute Gasteiger partial charge is 0.194 e. The van der Waals surface area contributed by atoms with Crippen molar-refractivity contribution in [1.82, 2.24) is 0 Å². The Bertz CT molecular complexity index is 835. The molecule has 2 heteroatoms. The molecule has 0 amide bonds. The van der Waals surface area contributed by atoms with Gasteiger partial charge in [0.15, 0.2) is 5.43 Å². The van der Waals surface area contributed by atoms with Gasteiger partial charge in [-0.25, -0.2) is 0 Å². The SMILES string of the molecule is O=CCc1ccc2c(=O)c3ccccc3ccc2c1. The predicted molar refractivity (Wildman–Crippen MR) is 77.5 cm³/mol. The van der Waals surface area contributed by atoms with E-state index in [1.165, 1.54) is 0 Å². The summed E-state index contributed by atoms with van der Waals surface area (Å²) in [5, 5.41) is 3.22. The summed E-state index contributed by atoms with van der Waals surface area (Å²) >= 11 is 0. The van der Waals surface area contributed by atoms with E-state index in [1.54, 1.807) is 0 Å². The molecular formula is C17H12O2. The van der Waals surface area contributed by atoms with E-state index in [4.69, 9.17) is 0 Å². The lowest BCUT2D eigenvalue weighted by Gasteiger charge is -1.96. The standard InChI is InChI=1S/C17H12O2/c18-10-9-12-5-8-16-14(11-12)7-6-13-3-1-2-4-15(13)17(16)19/h1-8,10-11H,9H2. The molecule has 0 heterocycles. The number of hydrogen-bond donors (Lipinski definition) is 0. The summed E-state index contributed by atoms with van der Waals surface area (Å²) in [5.41, 5.74) is 0.963. The number of benzene rings is 2. The minimum absolute atomic E-state index is 0.0354. The zero-order valence-corrected chi connectivity index (χ0v) is 10.3. The maximum absolute atomic E-state index is 12.5. The van der Waals surface area contributed by atoms with Gasteiger partial charge in [-0.1, -0.05) is 54.6 Å². The van der Waals surface area contributed by atoms with Gasteiger partial charge < -0.3 is 4.79 Å². The molecule has 3 aromatic rings. The van der Waals surface area contributed by atoms with Crippen molar-refractivity contribution in [2.45, 2.75) is 6.42 Å². The Morgan fingerprint density at radius 3 is 2.42 bits per heavy atom. The van der Waals surface area contributed by atoms with Crippen LogP contribution in [0.5, 0.6) is 0 Å². The van der Waals surface area contributed by atoms with Crippen molar-refractivity contribution in [2.75, 3.05) is 0 Å². The van der Waals surface area contributed by atoms with E-state index in [1.807, 2.05) is 54.6 Å². The van der Waals surface area contributed by atoms with Crippen molar-refractivity contribution in [3.8, 4) is 0 Å². The molecule has 0 fully saturated rings. The number of carbonyl (C=O) groups excluding carboxylic acids is 1. The average Bonchev–Trinajstić information content (AvgIpc) is 2.58. The molecule has 2 nitrogen and oxygen atoms in total. The van der Waals surface area contributed by atoms with Gasteiger partial charge in [0.25, 0.3) is 0 Å². The van der Waals surface area contributed by atoms with Crippen LogP contribution in [0, 0.1) is 0 Å². The normalized spacial score (nSPS) is 10.7. The van der Waals surface area contributed by atoms with Gasteiger partial charge in [-0.2, -0.15) is 0 Å². The first-order valence-electron chi connectivity index (χ1n) is 6.18. The molecule has 0 aliphatic heterocycles. The second-order valence-corrected chi connectivity index (χ2v) is 4.54. The minimum atomic E-state index is 0.0354. The van der Waals surface area contributed by atoms with Crippen LogP contribution in [0.4, 0.5) is 0 Å². The van der Waals surface area contributed by atoms with E-state index in [9.17, 15) is 9.59 Å². The molecule has 92 valence electrons. The van der Waals surface area contributed by atoms with Gasteiger partial charge in [0, 0.05) is 17.2 Å². The van der Waals surface area contributed by atoms with Crippen LogP contribution < -0.4 is 5.43 Å². The van der Waals surface area contributed by atoms with Crippen molar-refractivity contribution >= 4 is 27.8 Å². The molecule has 0 saturated heterocycles. The maximum atomic E-state index is 12.5. The average molecular weight is 248 g/mol. The third kappa shape index (κ3) is 2.02. The summed E-state index contributed by atoms with van der Waals surface area (Å²) in [6.45, 7) is 0. The van der Waals surface area contributed by atoms with Gasteiger partial charge in [-0.05, 0) is 16.3 Å². The summed E-state index contributed by atoms with van der Waals surface area (Å²) in [7, 11) is 0. The molecule has 3 aromatic carbocycles. The molecular weight excluding hydrogens is 236 g/mol. The lowest BCUT2D eigenvalue weighted by molar-refractivity contribution is -0.107. The summed E-state index contributed by atoms with van der Waals surface area (Å²) in [4.78, 5) is 23.1. The molecule has 0 bridgehead atoms. The van der Waals surface area contributed by atoms with Crippen LogP contribution in [-0.4, -0.2) is 6.29 Å². The zero-order chi connectivity index (χ0) is 13.2. The Kier molecular flexibility index (Phi) is 2.84. The van der Waals surface area contributed by atoms with Crippen molar-refractivity contribution < 1.29 is 4.79 Å². The van der Waals surface area contributed by atoms with Gasteiger partial charge in [0.2, 0.25) is 0 Å². The Hall–Kier alpha value is -2.48. The second-order valence-electron chi connectivity index (χ2n) is 4.54. The highest BCUT2D eigenvalue weighted by Gasteiger charge is 2.02. The largest absolute Gasteiger partial charge is 0.303 e. The molecule has 19 heavy (non-hydrogen) atoms. The minimum Gasteiger partial charge on any atom is -0.303 e. The Balaban J connectivity index is 2.44.